The van der Waals surface area contributed by atoms with Crippen LogP contribution in [-0.4, -0.2) is 38.3 Å². The molecule has 0 unspecified atom stereocenters. The second kappa shape index (κ2) is 5.61. The molecule has 0 radical (unpaired) electrons. The Morgan fingerprint density at radius 2 is 2.10 bits per heavy atom. The third-order valence-electron chi connectivity index (χ3n) is 3.00. The van der Waals surface area contributed by atoms with Crippen LogP contribution in [0, 0.1) is 11.3 Å². The molecule has 0 aromatic heterocycles. The Morgan fingerprint density at radius 3 is 2.70 bits per heavy atom. The normalized spacial score (nSPS) is 14.8. The number of nitrogens with zero attached hydrogens (tertiary/aromatic N) is 2. The summed E-state index contributed by atoms with van der Waals surface area (Å²) in [7, 11) is -2.51. The molecule has 2 rings (SSSR count). The fourth-order valence-corrected chi connectivity index (χ4v) is 3.01. The first kappa shape index (κ1) is 14.5. The van der Waals surface area contributed by atoms with Crippen LogP contribution in [0.3, 0.4) is 0 Å². The van der Waals surface area contributed by atoms with Crippen molar-refractivity contribution in [2.45, 2.75) is 23.8 Å². The first-order chi connectivity index (χ1) is 9.45. The summed E-state index contributed by atoms with van der Waals surface area (Å²) in [5, 5.41) is 11.7. The number of likely N-dealkylation sites (N-methyl/N-ethyl adjacent to an activating group) is 1. The third-order valence-corrected chi connectivity index (χ3v) is 4.87. The topological polar surface area (TPSA) is 90.3 Å². The predicted molar refractivity (Wildman–Crippen MR) is 72.1 cm³/mol. The van der Waals surface area contributed by atoms with Crippen LogP contribution in [0.5, 0.6) is 0 Å². The summed E-state index contributed by atoms with van der Waals surface area (Å²) in [6, 6.07) is 7.97. The first-order valence-electron chi connectivity index (χ1n) is 6.20. The Labute approximate surface area is 118 Å². The van der Waals surface area contributed by atoms with Gasteiger partial charge in [0.25, 0.3) is 0 Å². The summed E-state index contributed by atoms with van der Waals surface area (Å²) in [6.45, 7) is -0.251. The Kier molecular flexibility index (Phi) is 4.06. The summed E-state index contributed by atoms with van der Waals surface area (Å²) in [5.74, 6) is -0.326. The summed E-state index contributed by atoms with van der Waals surface area (Å²) in [4.78, 5) is 11.6. The van der Waals surface area contributed by atoms with Crippen molar-refractivity contribution in [3.05, 3.63) is 29.8 Å². The summed E-state index contributed by atoms with van der Waals surface area (Å²) >= 11 is 0. The summed E-state index contributed by atoms with van der Waals surface area (Å²) in [6.07, 6.45) is 1.89. The fraction of sp³-hybridized carbons (Fsp3) is 0.385. The van der Waals surface area contributed by atoms with Gasteiger partial charge in [0.15, 0.2) is 0 Å². The SMILES string of the molecule is CN(CC(=O)NC1CC1)S(=O)(=O)c1ccccc1C#N. The van der Waals surface area contributed by atoms with E-state index < -0.39 is 10.0 Å². The van der Waals surface area contributed by atoms with Gasteiger partial charge in [-0.2, -0.15) is 9.57 Å². The molecule has 0 heterocycles. The molecule has 1 aromatic rings. The molecule has 20 heavy (non-hydrogen) atoms. The monoisotopic (exact) mass is 293 g/mol. The highest BCUT2D eigenvalue weighted by Crippen LogP contribution is 2.20. The van der Waals surface area contributed by atoms with Crippen LogP contribution in [-0.2, 0) is 14.8 Å². The number of rotatable bonds is 5. The van der Waals surface area contributed by atoms with E-state index in [0.717, 1.165) is 17.1 Å². The molecule has 0 aliphatic heterocycles. The highest BCUT2D eigenvalue weighted by atomic mass is 32.2. The minimum Gasteiger partial charge on any atom is -0.352 e. The van der Waals surface area contributed by atoms with Gasteiger partial charge < -0.3 is 5.32 Å². The van der Waals surface area contributed by atoms with Crippen molar-refractivity contribution < 1.29 is 13.2 Å². The number of hydrogen-bond donors (Lipinski definition) is 1. The Bertz CT molecular complexity index is 660. The van der Waals surface area contributed by atoms with E-state index in [0.29, 0.717) is 0 Å². The molecule has 7 heteroatoms. The van der Waals surface area contributed by atoms with Gasteiger partial charge >= 0.3 is 0 Å². The van der Waals surface area contributed by atoms with Gasteiger partial charge in [0.2, 0.25) is 15.9 Å². The number of sulfonamides is 1. The third kappa shape index (κ3) is 3.15. The predicted octanol–water partition coefficient (Wildman–Crippen LogP) is 0.457. The highest BCUT2D eigenvalue weighted by molar-refractivity contribution is 7.89. The number of hydrogen-bond acceptors (Lipinski definition) is 4. The zero-order chi connectivity index (χ0) is 14.8. The molecule has 1 N–H and O–H groups in total. The molecule has 1 fully saturated rings. The van der Waals surface area contributed by atoms with Gasteiger partial charge in [0.1, 0.15) is 6.07 Å². The van der Waals surface area contributed by atoms with Crippen molar-refractivity contribution in [3.8, 4) is 6.07 Å². The second-order valence-electron chi connectivity index (χ2n) is 4.71. The van der Waals surface area contributed by atoms with Gasteiger partial charge in [0.05, 0.1) is 17.0 Å². The van der Waals surface area contributed by atoms with Crippen molar-refractivity contribution in [1.82, 2.24) is 9.62 Å². The van der Waals surface area contributed by atoms with E-state index in [2.05, 4.69) is 5.32 Å². The van der Waals surface area contributed by atoms with E-state index in [-0.39, 0.29) is 29.0 Å². The quantitative estimate of drug-likeness (QED) is 0.853. The van der Waals surface area contributed by atoms with Crippen molar-refractivity contribution in [2.24, 2.45) is 0 Å². The number of carbonyl (C=O) groups is 1. The number of benzene rings is 1. The zero-order valence-corrected chi connectivity index (χ0v) is 11.9. The van der Waals surface area contributed by atoms with Crippen LogP contribution in [0.2, 0.25) is 0 Å². The summed E-state index contributed by atoms with van der Waals surface area (Å²) < 4.78 is 25.6. The lowest BCUT2D eigenvalue weighted by Gasteiger charge is -2.17. The lowest BCUT2D eigenvalue weighted by Crippen LogP contribution is -2.39. The molecule has 0 spiro atoms. The van der Waals surface area contributed by atoms with Gasteiger partial charge in [-0.3, -0.25) is 4.79 Å². The maximum absolute atomic E-state index is 12.3. The maximum Gasteiger partial charge on any atom is 0.244 e. The van der Waals surface area contributed by atoms with Gasteiger partial charge in [-0.1, -0.05) is 12.1 Å². The standard InChI is InChI=1S/C13H15N3O3S/c1-16(9-13(17)15-11-6-7-11)20(18,19)12-5-3-2-4-10(12)8-14/h2-5,11H,6-7,9H2,1H3,(H,15,17). The van der Waals surface area contributed by atoms with E-state index >= 15 is 0 Å². The lowest BCUT2D eigenvalue weighted by molar-refractivity contribution is -0.121. The molecule has 0 bridgehead atoms. The van der Waals surface area contributed by atoms with E-state index in [1.54, 1.807) is 12.1 Å². The minimum atomic E-state index is -3.84. The Balaban J connectivity index is 2.16. The van der Waals surface area contributed by atoms with Crippen LogP contribution in [0.1, 0.15) is 18.4 Å². The molecular formula is C13H15N3O3S. The van der Waals surface area contributed by atoms with E-state index in [9.17, 15) is 13.2 Å². The van der Waals surface area contributed by atoms with Crippen LogP contribution < -0.4 is 5.32 Å². The van der Waals surface area contributed by atoms with Crippen LogP contribution >= 0.6 is 0 Å². The molecule has 0 saturated heterocycles. The van der Waals surface area contributed by atoms with Gasteiger partial charge in [-0.25, -0.2) is 8.42 Å². The molecular weight excluding hydrogens is 278 g/mol. The van der Waals surface area contributed by atoms with Crippen LogP contribution in [0.4, 0.5) is 0 Å². The van der Waals surface area contributed by atoms with E-state index in [4.69, 9.17) is 5.26 Å². The van der Waals surface area contributed by atoms with E-state index in [1.165, 1.54) is 19.2 Å². The molecule has 6 nitrogen and oxygen atoms in total. The van der Waals surface area contributed by atoms with Crippen LogP contribution in [0.15, 0.2) is 29.2 Å². The average molecular weight is 293 g/mol. The first-order valence-corrected chi connectivity index (χ1v) is 7.64. The smallest absolute Gasteiger partial charge is 0.244 e. The number of carbonyl (C=O) groups excluding carboxylic acids is 1. The van der Waals surface area contributed by atoms with Crippen LogP contribution in [0.25, 0.3) is 0 Å². The average Bonchev–Trinajstić information content (AvgIpc) is 3.22. The fourth-order valence-electron chi connectivity index (χ4n) is 1.74. The molecule has 1 saturated carbocycles. The molecule has 1 aromatic carbocycles. The van der Waals surface area contributed by atoms with Crippen molar-refractivity contribution in [2.75, 3.05) is 13.6 Å². The van der Waals surface area contributed by atoms with Gasteiger partial charge in [-0.15, -0.1) is 0 Å². The molecule has 1 aliphatic rings. The lowest BCUT2D eigenvalue weighted by atomic mass is 10.2. The Hall–Kier alpha value is -1.91. The molecule has 0 atom stereocenters. The van der Waals surface area contributed by atoms with E-state index in [1.807, 2.05) is 6.07 Å². The maximum atomic E-state index is 12.3. The number of nitrogens with one attached hydrogen (secondary N) is 1. The molecule has 1 amide bonds. The van der Waals surface area contributed by atoms with Crippen molar-refractivity contribution in [1.29, 1.82) is 5.26 Å². The Morgan fingerprint density at radius 1 is 1.45 bits per heavy atom. The van der Waals surface area contributed by atoms with Crippen molar-refractivity contribution >= 4 is 15.9 Å². The molecule has 106 valence electrons. The van der Waals surface area contributed by atoms with Gasteiger partial charge in [-0.05, 0) is 25.0 Å². The van der Waals surface area contributed by atoms with Gasteiger partial charge in [0, 0.05) is 13.1 Å². The largest absolute Gasteiger partial charge is 0.352 e. The summed E-state index contributed by atoms with van der Waals surface area (Å²) in [5.41, 5.74) is 0.0713. The van der Waals surface area contributed by atoms with Crippen molar-refractivity contribution in [3.63, 3.8) is 0 Å². The molecule has 1 aliphatic carbocycles. The number of amides is 1. The second-order valence-corrected chi connectivity index (χ2v) is 6.72. The minimum absolute atomic E-state index is 0.0713. The number of nitriles is 1. The highest BCUT2D eigenvalue weighted by Gasteiger charge is 2.28. The zero-order valence-electron chi connectivity index (χ0n) is 11.0.